The Kier molecular flexibility index (Phi) is 5.21. The molecule has 1 amide bonds. The van der Waals surface area contributed by atoms with Crippen molar-refractivity contribution in [3.63, 3.8) is 0 Å². The van der Waals surface area contributed by atoms with Gasteiger partial charge in [0, 0.05) is 5.02 Å². The van der Waals surface area contributed by atoms with Crippen LogP contribution in [0.2, 0.25) is 10.2 Å². The van der Waals surface area contributed by atoms with E-state index in [9.17, 15) is 4.79 Å². The first-order chi connectivity index (χ1) is 12.0. The third kappa shape index (κ3) is 4.10. The molecule has 6 nitrogen and oxygen atoms in total. The number of benzene rings is 1. The Morgan fingerprint density at radius 3 is 2.76 bits per heavy atom. The average Bonchev–Trinajstić information content (AvgIpc) is 3.21. The van der Waals surface area contributed by atoms with E-state index in [4.69, 9.17) is 27.6 Å². The Morgan fingerprint density at radius 2 is 2.08 bits per heavy atom. The summed E-state index contributed by atoms with van der Waals surface area (Å²) in [5, 5.41) is 9.42. The summed E-state index contributed by atoms with van der Waals surface area (Å²) in [6.45, 7) is 2.32. The van der Waals surface area contributed by atoms with E-state index in [1.54, 1.807) is 16.8 Å². The predicted octanol–water partition coefficient (Wildman–Crippen LogP) is 3.90. The number of hydrogen-bond donors (Lipinski definition) is 1. The minimum Gasteiger partial charge on any atom is -0.459 e. The van der Waals surface area contributed by atoms with Gasteiger partial charge in [-0.15, -0.1) is 0 Å². The Balaban J connectivity index is 1.72. The minimum absolute atomic E-state index is 0.179. The van der Waals surface area contributed by atoms with Crippen LogP contribution in [0.1, 0.15) is 27.4 Å². The SMILES string of the molecule is Cc1nn(Cc2ccc(Cl)cc2)c(Cl)c1/C=N/NC(=O)c1ccco1. The third-order valence-corrected chi connectivity index (χ3v) is 4.11. The smallest absolute Gasteiger partial charge is 0.307 e. The van der Waals surface area contributed by atoms with Crippen LogP contribution in [0.25, 0.3) is 0 Å². The highest BCUT2D eigenvalue weighted by Crippen LogP contribution is 2.20. The normalized spacial score (nSPS) is 11.2. The molecule has 0 fully saturated rings. The highest BCUT2D eigenvalue weighted by molar-refractivity contribution is 6.32. The lowest BCUT2D eigenvalue weighted by atomic mass is 10.2. The van der Waals surface area contributed by atoms with Crippen molar-refractivity contribution in [3.05, 3.63) is 75.4 Å². The lowest BCUT2D eigenvalue weighted by molar-refractivity contribution is 0.0927. The number of amides is 1. The van der Waals surface area contributed by atoms with Crippen LogP contribution in [0, 0.1) is 6.92 Å². The van der Waals surface area contributed by atoms with E-state index in [1.165, 1.54) is 12.5 Å². The van der Waals surface area contributed by atoms with Crippen molar-refractivity contribution in [1.82, 2.24) is 15.2 Å². The Morgan fingerprint density at radius 1 is 1.32 bits per heavy atom. The summed E-state index contributed by atoms with van der Waals surface area (Å²) in [5.74, 6) is -0.262. The summed E-state index contributed by atoms with van der Waals surface area (Å²) >= 11 is 12.3. The number of furan rings is 1. The van der Waals surface area contributed by atoms with Gasteiger partial charge >= 0.3 is 5.91 Å². The van der Waals surface area contributed by atoms with Crippen LogP contribution in [0.3, 0.4) is 0 Å². The first-order valence-electron chi connectivity index (χ1n) is 7.39. The van der Waals surface area contributed by atoms with E-state index in [-0.39, 0.29) is 5.76 Å². The number of nitrogens with one attached hydrogen (secondary N) is 1. The largest absolute Gasteiger partial charge is 0.459 e. The molecule has 128 valence electrons. The summed E-state index contributed by atoms with van der Waals surface area (Å²) < 4.78 is 6.65. The highest BCUT2D eigenvalue weighted by Gasteiger charge is 2.13. The molecule has 2 aromatic heterocycles. The van der Waals surface area contributed by atoms with Gasteiger partial charge in [-0.2, -0.15) is 10.2 Å². The fourth-order valence-electron chi connectivity index (χ4n) is 2.20. The van der Waals surface area contributed by atoms with Gasteiger partial charge in [0.1, 0.15) is 5.15 Å². The van der Waals surface area contributed by atoms with Crippen LogP contribution in [0.4, 0.5) is 0 Å². The average molecular weight is 377 g/mol. The molecule has 0 bridgehead atoms. The number of rotatable bonds is 5. The van der Waals surface area contributed by atoms with E-state index in [0.29, 0.717) is 28.0 Å². The topological polar surface area (TPSA) is 72.4 Å². The van der Waals surface area contributed by atoms with Gasteiger partial charge in [0.25, 0.3) is 0 Å². The molecule has 0 aliphatic carbocycles. The third-order valence-electron chi connectivity index (χ3n) is 3.46. The molecule has 0 unspecified atom stereocenters. The van der Waals surface area contributed by atoms with Crippen LogP contribution in [-0.2, 0) is 6.54 Å². The molecule has 0 spiro atoms. The summed E-state index contributed by atoms with van der Waals surface area (Å²) in [6, 6.07) is 10.6. The lowest BCUT2D eigenvalue weighted by Crippen LogP contribution is -2.16. The molecule has 8 heteroatoms. The van der Waals surface area contributed by atoms with Crippen molar-refractivity contribution in [3.8, 4) is 0 Å². The molecule has 3 aromatic rings. The molecule has 1 aromatic carbocycles. The maximum atomic E-state index is 11.8. The number of hydrogen-bond acceptors (Lipinski definition) is 4. The number of nitrogens with zero attached hydrogens (tertiary/aromatic N) is 3. The molecule has 0 aliphatic heterocycles. The van der Waals surface area contributed by atoms with Crippen LogP contribution < -0.4 is 5.43 Å². The Labute approximate surface area is 154 Å². The molecule has 2 heterocycles. The van der Waals surface area contributed by atoms with Crippen molar-refractivity contribution < 1.29 is 9.21 Å². The van der Waals surface area contributed by atoms with E-state index >= 15 is 0 Å². The maximum Gasteiger partial charge on any atom is 0.307 e. The molecule has 0 radical (unpaired) electrons. The maximum absolute atomic E-state index is 11.8. The van der Waals surface area contributed by atoms with Crippen LogP contribution in [0.15, 0.2) is 52.2 Å². The first-order valence-corrected chi connectivity index (χ1v) is 8.14. The quantitative estimate of drug-likeness (QED) is 0.541. The second kappa shape index (κ2) is 7.55. The van der Waals surface area contributed by atoms with Crippen molar-refractivity contribution >= 4 is 35.3 Å². The van der Waals surface area contributed by atoms with E-state index < -0.39 is 5.91 Å². The zero-order chi connectivity index (χ0) is 17.8. The van der Waals surface area contributed by atoms with E-state index in [2.05, 4.69) is 15.6 Å². The van der Waals surface area contributed by atoms with Gasteiger partial charge in [-0.25, -0.2) is 10.1 Å². The highest BCUT2D eigenvalue weighted by atomic mass is 35.5. The molecule has 0 aliphatic rings. The molecule has 3 rings (SSSR count). The van der Waals surface area contributed by atoms with Gasteiger partial charge in [-0.1, -0.05) is 35.3 Å². The second-order valence-electron chi connectivity index (χ2n) is 5.25. The van der Waals surface area contributed by atoms with Gasteiger partial charge < -0.3 is 4.42 Å². The van der Waals surface area contributed by atoms with Crippen molar-refractivity contribution in [1.29, 1.82) is 0 Å². The number of aryl methyl sites for hydroxylation is 1. The van der Waals surface area contributed by atoms with Crippen molar-refractivity contribution in [2.24, 2.45) is 5.10 Å². The number of hydrazone groups is 1. The monoisotopic (exact) mass is 376 g/mol. The number of halogens is 2. The summed E-state index contributed by atoms with van der Waals surface area (Å²) in [4.78, 5) is 11.8. The molecule has 0 saturated heterocycles. The van der Waals surface area contributed by atoms with Gasteiger partial charge in [-0.3, -0.25) is 4.79 Å². The van der Waals surface area contributed by atoms with Gasteiger partial charge in [0.2, 0.25) is 0 Å². The zero-order valence-corrected chi connectivity index (χ0v) is 14.8. The first kappa shape index (κ1) is 17.3. The van der Waals surface area contributed by atoms with E-state index in [0.717, 1.165) is 5.56 Å². The number of carbonyl (C=O) groups is 1. The molecule has 1 N–H and O–H groups in total. The Hall–Kier alpha value is -2.57. The summed E-state index contributed by atoms with van der Waals surface area (Å²) in [7, 11) is 0. The number of carbonyl (C=O) groups excluding carboxylic acids is 1. The molecule has 25 heavy (non-hydrogen) atoms. The number of aromatic nitrogens is 2. The van der Waals surface area contributed by atoms with Gasteiger partial charge in [-0.05, 0) is 36.8 Å². The molecular formula is C17H14Cl2N4O2. The standard InChI is InChI=1S/C17H14Cl2N4O2/c1-11-14(9-20-21-17(24)15-3-2-8-25-15)16(19)23(22-11)10-12-4-6-13(18)7-5-12/h2-9H,10H2,1H3,(H,21,24)/b20-9+. The minimum atomic E-state index is -0.441. The van der Waals surface area contributed by atoms with E-state index in [1.807, 2.05) is 31.2 Å². The van der Waals surface area contributed by atoms with Gasteiger partial charge in [0.05, 0.1) is 30.3 Å². The predicted molar refractivity (Wildman–Crippen MR) is 96.3 cm³/mol. The van der Waals surface area contributed by atoms with Crippen LogP contribution in [0.5, 0.6) is 0 Å². The van der Waals surface area contributed by atoms with Crippen LogP contribution >= 0.6 is 23.2 Å². The lowest BCUT2D eigenvalue weighted by Gasteiger charge is -2.03. The summed E-state index contributed by atoms with van der Waals surface area (Å²) in [6.07, 6.45) is 2.88. The second-order valence-corrected chi connectivity index (χ2v) is 6.04. The molecule has 0 atom stereocenters. The van der Waals surface area contributed by atoms with Gasteiger partial charge in [0.15, 0.2) is 5.76 Å². The van der Waals surface area contributed by atoms with Crippen molar-refractivity contribution in [2.75, 3.05) is 0 Å². The molecule has 0 saturated carbocycles. The summed E-state index contributed by atoms with van der Waals surface area (Å²) in [5.41, 5.74) is 4.73. The molecular weight excluding hydrogens is 363 g/mol. The Bertz CT molecular complexity index is 900. The van der Waals surface area contributed by atoms with Crippen LogP contribution in [-0.4, -0.2) is 21.9 Å². The fourth-order valence-corrected chi connectivity index (χ4v) is 2.61. The van der Waals surface area contributed by atoms with Crippen molar-refractivity contribution in [2.45, 2.75) is 13.5 Å². The fraction of sp³-hybridized carbons (Fsp3) is 0.118. The zero-order valence-electron chi connectivity index (χ0n) is 13.2.